The summed E-state index contributed by atoms with van der Waals surface area (Å²) in [5.74, 6) is 0.868. The van der Waals surface area contributed by atoms with Gasteiger partial charge in [0.15, 0.2) is 11.5 Å². The molecule has 1 aromatic carbocycles. The highest BCUT2D eigenvalue weighted by molar-refractivity contribution is 5.76. The molecule has 7 heteroatoms. The Morgan fingerprint density at radius 3 is 2.67 bits per heavy atom. The maximum absolute atomic E-state index is 12.3. The van der Waals surface area contributed by atoms with Gasteiger partial charge in [-0.15, -0.1) is 0 Å². The van der Waals surface area contributed by atoms with E-state index in [1.807, 2.05) is 0 Å². The zero-order chi connectivity index (χ0) is 21.9. The molecule has 1 aromatic heterocycles. The number of imidazole rings is 1. The summed E-state index contributed by atoms with van der Waals surface area (Å²) < 4.78 is 12.4. The lowest BCUT2D eigenvalue weighted by molar-refractivity contribution is -0.132. The predicted molar refractivity (Wildman–Crippen MR) is 116 cm³/mol. The van der Waals surface area contributed by atoms with Crippen molar-refractivity contribution < 1.29 is 19.1 Å². The number of benzene rings is 1. The van der Waals surface area contributed by atoms with E-state index in [-0.39, 0.29) is 5.91 Å². The minimum Gasteiger partial charge on any atom is -0.493 e. The smallest absolute Gasteiger partial charge is 0.308 e. The molecule has 162 valence electrons. The molecule has 2 aromatic rings. The average molecular weight is 414 g/mol. The second kappa shape index (κ2) is 11.8. The molecule has 0 bridgehead atoms. The Morgan fingerprint density at radius 2 is 2.03 bits per heavy atom. The Morgan fingerprint density at radius 1 is 1.23 bits per heavy atom. The Balaban J connectivity index is 2.03. The van der Waals surface area contributed by atoms with Crippen LogP contribution in [0, 0.1) is 5.92 Å². The fraction of sp³-hybridized carbons (Fsp3) is 0.435. The van der Waals surface area contributed by atoms with Crippen LogP contribution in [0.4, 0.5) is 0 Å². The van der Waals surface area contributed by atoms with Gasteiger partial charge in [-0.25, -0.2) is 4.98 Å². The van der Waals surface area contributed by atoms with Crippen LogP contribution in [-0.4, -0.2) is 28.5 Å². The van der Waals surface area contributed by atoms with Gasteiger partial charge in [-0.05, 0) is 36.8 Å². The first kappa shape index (κ1) is 23.2. The number of nitrogens with zero attached hydrogens (tertiary/aromatic N) is 2. The lowest BCUT2D eigenvalue weighted by Gasteiger charge is -2.16. The zero-order valence-corrected chi connectivity index (χ0v) is 18.2. The Hall–Kier alpha value is -3.09. The molecule has 0 radical (unpaired) electrons. The van der Waals surface area contributed by atoms with Crippen LogP contribution in [0.15, 0.2) is 43.0 Å². The number of unbranched alkanes of at least 4 members (excludes halogenated alkanes) is 2. The van der Waals surface area contributed by atoms with Crippen LogP contribution in [-0.2, 0) is 16.1 Å². The van der Waals surface area contributed by atoms with E-state index in [0.29, 0.717) is 30.4 Å². The van der Waals surface area contributed by atoms with E-state index < -0.39 is 5.97 Å². The molecule has 1 amide bonds. The van der Waals surface area contributed by atoms with E-state index in [1.54, 1.807) is 35.4 Å². The molecule has 0 aliphatic rings. The van der Waals surface area contributed by atoms with Gasteiger partial charge < -0.3 is 19.4 Å². The molecular formula is C23H31N3O4. The number of nitrogens with one attached hydrogen (secondary N) is 1. The molecule has 0 atom stereocenters. The average Bonchev–Trinajstić information content (AvgIpc) is 3.23. The molecule has 1 N–H and O–H groups in total. The number of carbonyl (C=O) groups excluding carboxylic acids is 2. The van der Waals surface area contributed by atoms with Crippen molar-refractivity contribution in [2.24, 2.45) is 5.92 Å². The molecular weight excluding hydrogens is 382 g/mol. The normalized spacial score (nSPS) is 11.1. The molecule has 7 nitrogen and oxygen atoms in total. The fourth-order valence-corrected chi connectivity index (χ4v) is 2.97. The van der Waals surface area contributed by atoms with Crippen LogP contribution in [0.2, 0.25) is 0 Å². The molecule has 0 aliphatic heterocycles. The SMILES string of the molecule is COc1cc(CNC(=O)CCCC/C=C/C(C)C)c(-n2ccnc2)cc1OC(C)=O. The van der Waals surface area contributed by atoms with Crippen molar-refractivity contribution in [1.82, 2.24) is 14.9 Å². The summed E-state index contributed by atoms with van der Waals surface area (Å²) in [6.07, 6.45) is 12.8. The van der Waals surface area contributed by atoms with Gasteiger partial charge in [-0.3, -0.25) is 9.59 Å². The van der Waals surface area contributed by atoms with Crippen LogP contribution >= 0.6 is 0 Å². The quantitative estimate of drug-likeness (QED) is 0.258. The zero-order valence-electron chi connectivity index (χ0n) is 18.2. The van der Waals surface area contributed by atoms with Crippen molar-refractivity contribution in [1.29, 1.82) is 0 Å². The number of esters is 1. The van der Waals surface area contributed by atoms with Gasteiger partial charge in [0.1, 0.15) is 0 Å². The number of allylic oxidation sites excluding steroid dienone is 2. The molecule has 30 heavy (non-hydrogen) atoms. The van der Waals surface area contributed by atoms with Gasteiger partial charge in [0.25, 0.3) is 0 Å². The lowest BCUT2D eigenvalue weighted by atomic mass is 10.1. The van der Waals surface area contributed by atoms with Gasteiger partial charge in [0.05, 0.1) is 19.1 Å². The number of hydrogen-bond acceptors (Lipinski definition) is 5. The number of methoxy groups -OCH3 is 1. The topological polar surface area (TPSA) is 82.4 Å². The molecule has 0 saturated carbocycles. The summed E-state index contributed by atoms with van der Waals surface area (Å²) in [7, 11) is 1.51. The van der Waals surface area contributed by atoms with Gasteiger partial charge in [0.2, 0.25) is 5.91 Å². The molecule has 0 saturated heterocycles. The van der Waals surface area contributed by atoms with E-state index >= 15 is 0 Å². The number of rotatable bonds is 11. The highest BCUT2D eigenvalue weighted by atomic mass is 16.6. The Kier molecular flexibility index (Phi) is 9.12. The van der Waals surface area contributed by atoms with Gasteiger partial charge in [-0.2, -0.15) is 0 Å². The van der Waals surface area contributed by atoms with Gasteiger partial charge in [0, 0.05) is 38.3 Å². The third-order valence-electron chi connectivity index (χ3n) is 4.42. The van der Waals surface area contributed by atoms with Crippen LogP contribution in [0.25, 0.3) is 5.69 Å². The summed E-state index contributed by atoms with van der Waals surface area (Å²) in [6, 6.07) is 3.48. The molecule has 0 aliphatic carbocycles. The van der Waals surface area contributed by atoms with E-state index in [1.165, 1.54) is 14.0 Å². The summed E-state index contributed by atoms with van der Waals surface area (Å²) in [4.78, 5) is 27.8. The third-order valence-corrected chi connectivity index (χ3v) is 4.42. The number of amides is 1. The van der Waals surface area contributed by atoms with Crippen molar-refractivity contribution in [3.05, 3.63) is 48.6 Å². The van der Waals surface area contributed by atoms with Crippen LogP contribution in [0.3, 0.4) is 0 Å². The molecule has 2 rings (SSSR count). The summed E-state index contributed by atoms with van der Waals surface area (Å²) in [5.41, 5.74) is 1.58. The number of carbonyl (C=O) groups is 2. The largest absolute Gasteiger partial charge is 0.493 e. The van der Waals surface area contributed by atoms with E-state index in [9.17, 15) is 9.59 Å². The standard InChI is InChI=1S/C23H31N3O4/c1-17(2)9-7-5-6-8-10-23(28)25-15-19-13-21(29-4)22(30-18(3)27)14-20(19)26-12-11-24-16-26/h7,9,11-14,16-17H,5-6,8,10,15H2,1-4H3,(H,25,28)/b9-7+. The van der Waals surface area contributed by atoms with Crippen molar-refractivity contribution in [3.8, 4) is 17.2 Å². The van der Waals surface area contributed by atoms with Crippen LogP contribution < -0.4 is 14.8 Å². The monoisotopic (exact) mass is 413 g/mol. The van der Waals surface area contributed by atoms with Crippen LogP contribution in [0.5, 0.6) is 11.5 Å². The maximum atomic E-state index is 12.3. The summed E-state index contributed by atoms with van der Waals surface area (Å²) in [6.45, 7) is 5.96. The Labute approximate surface area is 178 Å². The number of aromatic nitrogens is 2. The van der Waals surface area contributed by atoms with Crippen molar-refractivity contribution in [2.45, 2.75) is 53.0 Å². The van der Waals surface area contributed by atoms with E-state index in [0.717, 1.165) is 30.5 Å². The van der Waals surface area contributed by atoms with Gasteiger partial charge in [-0.1, -0.05) is 26.0 Å². The minimum absolute atomic E-state index is 0.00227. The first-order valence-electron chi connectivity index (χ1n) is 10.2. The van der Waals surface area contributed by atoms with Crippen LogP contribution in [0.1, 0.15) is 52.0 Å². The fourth-order valence-electron chi connectivity index (χ4n) is 2.97. The molecule has 0 fully saturated rings. The molecule has 1 heterocycles. The highest BCUT2D eigenvalue weighted by Crippen LogP contribution is 2.33. The van der Waals surface area contributed by atoms with Crippen molar-refractivity contribution in [2.75, 3.05) is 7.11 Å². The lowest BCUT2D eigenvalue weighted by Crippen LogP contribution is -2.23. The van der Waals surface area contributed by atoms with Crippen molar-refractivity contribution in [3.63, 3.8) is 0 Å². The minimum atomic E-state index is -0.436. The highest BCUT2D eigenvalue weighted by Gasteiger charge is 2.15. The molecule has 0 unspecified atom stereocenters. The molecule has 0 spiro atoms. The van der Waals surface area contributed by atoms with E-state index in [4.69, 9.17) is 9.47 Å². The Bertz CT molecular complexity index is 858. The predicted octanol–water partition coefficient (Wildman–Crippen LogP) is 4.20. The second-order valence-corrected chi connectivity index (χ2v) is 7.39. The van der Waals surface area contributed by atoms with E-state index in [2.05, 4.69) is 36.3 Å². The number of hydrogen-bond donors (Lipinski definition) is 1. The second-order valence-electron chi connectivity index (χ2n) is 7.39. The first-order valence-corrected chi connectivity index (χ1v) is 10.2. The van der Waals surface area contributed by atoms with Crippen molar-refractivity contribution >= 4 is 11.9 Å². The first-order chi connectivity index (χ1) is 14.4. The maximum Gasteiger partial charge on any atom is 0.308 e. The van der Waals surface area contributed by atoms with Gasteiger partial charge >= 0.3 is 5.97 Å². The number of ether oxygens (including phenoxy) is 2. The summed E-state index contributed by atoms with van der Waals surface area (Å²) in [5, 5.41) is 2.97. The third kappa shape index (κ3) is 7.39. The summed E-state index contributed by atoms with van der Waals surface area (Å²) >= 11 is 0.